The Balaban J connectivity index is 2.27. The molecule has 0 spiro atoms. The Morgan fingerprint density at radius 2 is 1.89 bits per heavy atom. The number of aliphatic hydroxyl groups excluding tert-OH is 1. The third kappa shape index (κ3) is 2.45. The first-order chi connectivity index (χ1) is 8.69. The van der Waals surface area contributed by atoms with Crippen molar-refractivity contribution in [1.82, 2.24) is 4.90 Å². The van der Waals surface area contributed by atoms with E-state index in [-0.39, 0.29) is 12.1 Å². The maximum atomic E-state index is 10.6. The van der Waals surface area contributed by atoms with Crippen molar-refractivity contribution in [2.45, 2.75) is 51.7 Å². The Labute approximate surface area is 111 Å². The van der Waals surface area contributed by atoms with Gasteiger partial charge in [0.15, 0.2) is 0 Å². The standard InChI is InChI=1S/C16H25NO/c1-4-10-17(5-2)15-11-12(3)13-8-6-7-9-14(13)16(15)18/h6-9,12,15-16,18H,4-5,10-11H2,1-3H3. The zero-order chi connectivity index (χ0) is 13.1. The zero-order valence-corrected chi connectivity index (χ0v) is 11.8. The maximum Gasteiger partial charge on any atom is 0.0948 e. The van der Waals surface area contributed by atoms with Gasteiger partial charge in [0.1, 0.15) is 0 Å². The molecule has 2 heteroatoms. The van der Waals surface area contributed by atoms with E-state index in [9.17, 15) is 5.11 Å². The van der Waals surface area contributed by atoms with E-state index in [4.69, 9.17) is 0 Å². The van der Waals surface area contributed by atoms with Crippen LogP contribution < -0.4 is 0 Å². The fourth-order valence-electron chi connectivity index (χ4n) is 3.25. The predicted octanol–water partition coefficient (Wildman–Crippen LogP) is 3.33. The van der Waals surface area contributed by atoms with Gasteiger partial charge in [0.05, 0.1) is 6.10 Å². The predicted molar refractivity (Wildman–Crippen MR) is 75.8 cm³/mol. The summed E-state index contributed by atoms with van der Waals surface area (Å²) in [6.45, 7) is 8.76. The summed E-state index contributed by atoms with van der Waals surface area (Å²) in [5.41, 5.74) is 2.46. The minimum absolute atomic E-state index is 0.278. The van der Waals surface area contributed by atoms with Crippen LogP contribution in [0.25, 0.3) is 0 Å². The third-order valence-electron chi connectivity index (χ3n) is 4.19. The molecule has 0 fully saturated rings. The van der Waals surface area contributed by atoms with Gasteiger partial charge >= 0.3 is 0 Å². The first-order valence-electron chi connectivity index (χ1n) is 7.19. The summed E-state index contributed by atoms with van der Waals surface area (Å²) in [6.07, 6.45) is 1.88. The van der Waals surface area contributed by atoms with Crippen LogP contribution in [-0.2, 0) is 0 Å². The molecule has 0 radical (unpaired) electrons. The van der Waals surface area contributed by atoms with Crippen LogP contribution in [-0.4, -0.2) is 29.1 Å². The zero-order valence-electron chi connectivity index (χ0n) is 11.8. The lowest BCUT2D eigenvalue weighted by atomic mass is 9.78. The van der Waals surface area contributed by atoms with Crippen molar-refractivity contribution in [3.8, 4) is 0 Å². The highest BCUT2D eigenvalue weighted by atomic mass is 16.3. The molecule has 0 saturated heterocycles. The summed E-state index contributed by atoms with van der Waals surface area (Å²) in [4.78, 5) is 2.43. The molecule has 0 saturated carbocycles. The summed E-state index contributed by atoms with van der Waals surface area (Å²) in [5.74, 6) is 0.542. The highest BCUT2D eigenvalue weighted by Crippen LogP contribution is 2.39. The molecule has 0 amide bonds. The van der Waals surface area contributed by atoms with Crippen LogP contribution in [0.2, 0.25) is 0 Å². The molecule has 0 aliphatic heterocycles. The van der Waals surface area contributed by atoms with Gasteiger partial charge < -0.3 is 5.11 Å². The average Bonchev–Trinajstić information content (AvgIpc) is 2.40. The molecule has 2 nitrogen and oxygen atoms in total. The van der Waals surface area contributed by atoms with Crippen molar-refractivity contribution < 1.29 is 5.11 Å². The quantitative estimate of drug-likeness (QED) is 0.882. The van der Waals surface area contributed by atoms with Crippen molar-refractivity contribution in [3.63, 3.8) is 0 Å². The second-order valence-electron chi connectivity index (χ2n) is 5.41. The normalized spacial score (nSPS) is 27.3. The van der Waals surface area contributed by atoms with E-state index in [1.807, 2.05) is 6.07 Å². The lowest BCUT2D eigenvalue weighted by Crippen LogP contribution is -2.43. The van der Waals surface area contributed by atoms with Gasteiger partial charge in [0.25, 0.3) is 0 Å². The summed E-state index contributed by atoms with van der Waals surface area (Å²) in [7, 11) is 0. The van der Waals surface area contributed by atoms with Gasteiger partial charge in [-0.3, -0.25) is 4.90 Å². The molecule has 3 atom stereocenters. The summed E-state index contributed by atoms with van der Waals surface area (Å²) in [6, 6.07) is 8.64. The number of hydrogen-bond donors (Lipinski definition) is 1. The van der Waals surface area contributed by atoms with Crippen LogP contribution in [0, 0.1) is 0 Å². The summed E-state index contributed by atoms with van der Waals surface area (Å²) < 4.78 is 0. The van der Waals surface area contributed by atoms with E-state index >= 15 is 0 Å². The molecule has 18 heavy (non-hydrogen) atoms. The van der Waals surface area contributed by atoms with Crippen LogP contribution in [0.4, 0.5) is 0 Å². The number of rotatable bonds is 4. The van der Waals surface area contributed by atoms with E-state index in [1.165, 1.54) is 5.56 Å². The molecule has 1 aliphatic carbocycles. The van der Waals surface area contributed by atoms with E-state index in [2.05, 4.69) is 43.9 Å². The van der Waals surface area contributed by atoms with Crippen molar-refractivity contribution in [2.24, 2.45) is 0 Å². The van der Waals surface area contributed by atoms with Gasteiger partial charge in [0.2, 0.25) is 0 Å². The molecular weight excluding hydrogens is 222 g/mol. The molecule has 100 valence electrons. The van der Waals surface area contributed by atoms with E-state index in [0.29, 0.717) is 5.92 Å². The SMILES string of the molecule is CCCN(CC)C1CC(C)c2ccccc2C1O. The molecule has 1 aromatic carbocycles. The monoisotopic (exact) mass is 247 g/mol. The summed E-state index contributed by atoms with van der Waals surface area (Å²) >= 11 is 0. The first kappa shape index (κ1) is 13.6. The van der Waals surface area contributed by atoms with Gasteiger partial charge in [-0.2, -0.15) is 0 Å². The number of nitrogens with zero attached hydrogens (tertiary/aromatic N) is 1. The Kier molecular flexibility index (Phi) is 4.41. The minimum atomic E-state index is -0.330. The van der Waals surface area contributed by atoms with Gasteiger partial charge in [-0.25, -0.2) is 0 Å². The summed E-state index contributed by atoms with van der Waals surface area (Å²) in [5, 5.41) is 10.6. The number of hydrogen-bond acceptors (Lipinski definition) is 2. The van der Waals surface area contributed by atoms with Crippen LogP contribution in [0.3, 0.4) is 0 Å². The third-order valence-corrected chi connectivity index (χ3v) is 4.19. The van der Waals surface area contributed by atoms with Crippen molar-refractivity contribution in [1.29, 1.82) is 0 Å². The molecule has 0 heterocycles. The fourth-order valence-corrected chi connectivity index (χ4v) is 3.25. The Hall–Kier alpha value is -0.860. The van der Waals surface area contributed by atoms with Crippen LogP contribution >= 0.6 is 0 Å². The molecular formula is C16H25NO. The molecule has 3 unspecified atom stereocenters. The van der Waals surface area contributed by atoms with E-state index in [0.717, 1.165) is 31.5 Å². The topological polar surface area (TPSA) is 23.5 Å². The molecule has 1 N–H and O–H groups in total. The van der Waals surface area contributed by atoms with E-state index < -0.39 is 0 Å². The highest BCUT2D eigenvalue weighted by Gasteiger charge is 2.34. The average molecular weight is 247 g/mol. The first-order valence-corrected chi connectivity index (χ1v) is 7.19. The second-order valence-corrected chi connectivity index (χ2v) is 5.41. The Morgan fingerprint density at radius 3 is 2.50 bits per heavy atom. The lowest BCUT2D eigenvalue weighted by molar-refractivity contribution is 0.0337. The fraction of sp³-hybridized carbons (Fsp3) is 0.625. The van der Waals surface area contributed by atoms with Crippen molar-refractivity contribution in [3.05, 3.63) is 35.4 Å². The van der Waals surface area contributed by atoms with Gasteiger partial charge in [-0.1, -0.05) is 45.0 Å². The molecule has 2 rings (SSSR count). The smallest absolute Gasteiger partial charge is 0.0948 e. The number of aliphatic hydroxyl groups is 1. The molecule has 1 aliphatic rings. The minimum Gasteiger partial charge on any atom is -0.387 e. The Morgan fingerprint density at radius 1 is 1.22 bits per heavy atom. The number of benzene rings is 1. The molecule has 0 bridgehead atoms. The molecule has 1 aromatic rings. The van der Waals surface area contributed by atoms with Gasteiger partial charge in [-0.05, 0) is 43.0 Å². The van der Waals surface area contributed by atoms with Crippen LogP contribution in [0.5, 0.6) is 0 Å². The van der Waals surface area contributed by atoms with Crippen LogP contribution in [0.1, 0.15) is 56.8 Å². The van der Waals surface area contributed by atoms with Crippen LogP contribution in [0.15, 0.2) is 24.3 Å². The lowest BCUT2D eigenvalue weighted by Gasteiger charge is -2.40. The number of fused-ring (bicyclic) bond motifs is 1. The highest BCUT2D eigenvalue weighted by molar-refractivity contribution is 5.35. The Bertz CT molecular complexity index is 390. The van der Waals surface area contributed by atoms with Crippen molar-refractivity contribution in [2.75, 3.05) is 13.1 Å². The second kappa shape index (κ2) is 5.85. The van der Waals surface area contributed by atoms with Gasteiger partial charge in [-0.15, -0.1) is 0 Å². The van der Waals surface area contributed by atoms with Crippen molar-refractivity contribution >= 4 is 0 Å². The maximum absolute atomic E-state index is 10.6. The largest absolute Gasteiger partial charge is 0.387 e. The van der Waals surface area contributed by atoms with E-state index in [1.54, 1.807) is 0 Å². The van der Waals surface area contributed by atoms with Gasteiger partial charge in [0, 0.05) is 6.04 Å². The molecule has 0 aromatic heterocycles. The number of likely N-dealkylation sites (N-methyl/N-ethyl adjacent to an activating group) is 1.